The van der Waals surface area contributed by atoms with Gasteiger partial charge in [-0.05, 0) is 57.1 Å². The predicted molar refractivity (Wildman–Crippen MR) is 134 cm³/mol. The average molecular weight is 474 g/mol. The summed E-state index contributed by atoms with van der Waals surface area (Å²) < 4.78 is 5.36. The van der Waals surface area contributed by atoms with E-state index in [-0.39, 0.29) is 23.6 Å². The summed E-state index contributed by atoms with van der Waals surface area (Å²) >= 11 is 0. The lowest BCUT2D eigenvalue weighted by atomic mass is 9.93. The molecule has 1 aromatic rings. The Bertz CT molecular complexity index is 805. The van der Waals surface area contributed by atoms with E-state index in [1.165, 1.54) is 0 Å². The van der Waals surface area contributed by atoms with E-state index in [1.54, 1.807) is 14.0 Å². The summed E-state index contributed by atoms with van der Waals surface area (Å²) in [5.74, 6) is 0.225. The largest absolute Gasteiger partial charge is 0.361 e. The number of Topliss-reactive ketones (excluding diaryl/α,β-unsaturated/α-hetero) is 1. The Hall–Kier alpha value is -2.25. The maximum absolute atomic E-state index is 13.4. The van der Waals surface area contributed by atoms with Crippen LogP contribution in [0.4, 0.5) is 0 Å². The van der Waals surface area contributed by atoms with Gasteiger partial charge in [-0.2, -0.15) is 0 Å². The zero-order chi connectivity index (χ0) is 25.3. The molecule has 1 aliphatic heterocycles. The summed E-state index contributed by atoms with van der Waals surface area (Å²) in [6.45, 7) is 10.6. The third-order valence-electron chi connectivity index (χ3n) is 6.38. The number of hydrogen-bond donors (Lipinski definition) is 3. The van der Waals surface area contributed by atoms with Crippen molar-refractivity contribution in [3.8, 4) is 0 Å². The minimum absolute atomic E-state index is 0.101. The van der Waals surface area contributed by atoms with Gasteiger partial charge >= 0.3 is 0 Å². The fourth-order valence-electron chi connectivity index (χ4n) is 3.90. The van der Waals surface area contributed by atoms with E-state index in [2.05, 4.69) is 43.6 Å². The standard InChI is InChI=1S/C27H43N3O4/c1-18(2)12-14-21(24(31)27(5)17-34-27)29-26(33)23(16-20-10-8-7-9-11-20)30-25(32)22(28-6)15-13-19(3)4/h7-11,18-19,21-23,28H,12-17H2,1-6H3,(H,29,33)(H,30,32). The van der Waals surface area contributed by atoms with Gasteiger partial charge in [0.05, 0.1) is 18.7 Å². The van der Waals surface area contributed by atoms with Crippen LogP contribution in [0.2, 0.25) is 0 Å². The number of likely N-dealkylation sites (N-methyl/N-ethyl adjacent to an activating group) is 1. The lowest BCUT2D eigenvalue weighted by molar-refractivity contribution is -0.133. The average Bonchev–Trinajstić information content (AvgIpc) is 3.54. The molecule has 0 saturated carbocycles. The maximum atomic E-state index is 13.4. The van der Waals surface area contributed by atoms with Crippen LogP contribution in [0.25, 0.3) is 0 Å². The highest BCUT2D eigenvalue weighted by Gasteiger charge is 2.50. The molecular formula is C27H43N3O4. The zero-order valence-electron chi connectivity index (χ0n) is 21.6. The van der Waals surface area contributed by atoms with Crippen LogP contribution in [0.3, 0.4) is 0 Å². The molecule has 1 aromatic carbocycles. The van der Waals surface area contributed by atoms with Gasteiger partial charge in [-0.25, -0.2) is 0 Å². The zero-order valence-corrected chi connectivity index (χ0v) is 21.6. The Kier molecular flexibility index (Phi) is 10.7. The minimum atomic E-state index is -0.818. The Labute approximate surface area is 204 Å². The number of ether oxygens (including phenoxy) is 1. The van der Waals surface area contributed by atoms with Crippen LogP contribution in [0.15, 0.2) is 30.3 Å². The van der Waals surface area contributed by atoms with Gasteiger partial charge in [-0.3, -0.25) is 14.4 Å². The van der Waals surface area contributed by atoms with Gasteiger partial charge in [0.1, 0.15) is 11.6 Å². The second kappa shape index (κ2) is 13.0. The van der Waals surface area contributed by atoms with Crippen molar-refractivity contribution in [2.24, 2.45) is 11.8 Å². The third kappa shape index (κ3) is 8.84. The molecule has 0 radical (unpaired) electrons. The summed E-state index contributed by atoms with van der Waals surface area (Å²) in [7, 11) is 1.76. The third-order valence-corrected chi connectivity index (χ3v) is 6.38. The SMILES string of the molecule is CNC(CCC(C)C)C(=O)NC(Cc1ccccc1)C(=O)NC(CCC(C)C)C(=O)C1(C)CO1. The van der Waals surface area contributed by atoms with E-state index < -0.39 is 17.7 Å². The number of benzene rings is 1. The van der Waals surface area contributed by atoms with E-state index in [1.807, 2.05) is 30.3 Å². The normalized spacial score (nSPS) is 20.0. The number of ketones is 1. The summed E-state index contributed by atoms with van der Waals surface area (Å²) in [4.78, 5) is 39.5. The molecule has 1 fully saturated rings. The highest BCUT2D eigenvalue weighted by Crippen LogP contribution is 2.29. The highest BCUT2D eigenvalue weighted by atomic mass is 16.6. The second-order valence-electron chi connectivity index (χ2n) is 10.5. The van der Waals surface area contributed by atoms with Crippen LogP contribution in [-0.2, 0) is 25.5 Å². The molecule has 0 bridgehead atoms. The van der Waals surface area contributed by atoms with Crippen molar-refractivity contribution in [2.45, 2.75) is 90.4 Å². The molecule has 7 nitrogen and oxygen atoms in total. The monoisotopic (exact) mass is 473 g/mol. The van der Waals surface area contributed by atoms with E-state index in [0.29, 0.717) is 37.7 Å². The quantitative estimate of drug-likeness (QED) is 0.340. The minimum Gasteiger partial charge on any atom is -0.361 e. The summed E-state index contributed by atoms with van der Waals surface area (Å²) in [6.07, 6.45) is 3.28. The molecule has 7 heteroatoms. The Morgan fingerprint density at radius 1 is 0.853 bits per heavy atom. The topological polar surface area (TPSA) is 99.8 Å². The molecule has 1 saturated heterocycles. The number of hydrogen-bond acceptors (Lipinski definition) is 5. The number of carbonyl (C=O) groups is 3. The molecule has 4 unspecified atom stereocenters. The van der Waals surface area contributed by atoms with Crippen molar-refractivity contribution in [1.29, 1.82) is 0 Å². The number of amides is 2. The molecule has 2 rings (SSSR count). The van der Waals surface area contributed by atoms with Crippen molar-refractivity contribution in [3.63, 3.8) is 0 Å². The number of rotatable bonds is 15. The van der Waals surface area contributed by atoms with Gasteiger partial charge in [0, 0.05) is 6.42 Å². The smallest absolute Gasteiger partial charge is 0.243 e. The molecule has 4 atom stereocenters. The number of carbonyl (C=O) groups excluding carboxylic acids is 3. The summed E-state index contributed by atoms with van der Waals surface area (Å²) in [5.41, 5.74) is 0.120. The summed E-state index contributed by atoms with van der Waals surface area (Å²) in [6, 6.07) is 7.78. The van der Waals surface area contributed by atoms with Crippen LogP contribution in [-0.4, -0.2) is 55.0 Å². The molecule has 2 amide bonds. The number of nitrogens with one attached hydrogen (secondary N) is 3. The molecule has 34 heavy (non-hydrogen) atoms. The predicted octanol–water partition coefficient (Wildman–Crippen LogP) is 3.02. The summed E-state index contributed by atoms with van der Waals surface area (Å²) in [5, 5.41) is 8.97. The van der Waals surface area contributed by atoms with E-state index >= 15 is 0 Å². The second-order valence-corrected chi connectivity index (χ2v) is 10.5. The fourth-order valence-corrected chi connectivity index (χ4v) is 3.90. The van der Waals surface area contributed by atoms with Crippen LogP contribution >= 0.6 is 0 Å². The van der Waals surface area contributed by atoms with Gasteiger partial charge in [-0.1, -0.05) is 58.0 Å². The molecule has 1 heterocycles. The van der Waals surface area contributed by atoms with Gasteiger partial charge < -0.3 is 20.7 Å². The van der Waals surface area contributed by atoms with Gasteiger partial charge in [0.25, 0.3) is 0 Å². The van der Waals surface area contributed by atoms with E-state index in [0.717, 1.165) is 18.4 Å². The van der Waals surface area contributed by atoms with Crippen molar-refractivity contribution in [3.05, 3.63) is 35.9 Å². The first-order chi connectivity index (χ1) is 16.1. The lowest BCUT2D eigenvalue weighted by Gasteiger charge is -2.26. The van der Waals surface area contributed by atoms with Crippen LogP contribution in [0.1, 0.15) is 65.9 Å². The fraction of sp³-hybridized carbons (Fsp3) is 0.667. The van der Waals surface area contributed by atoms with Crippen molar-refractivity contribution >= 4 is 17.6 Å². The first-order valence-electron chi connectivity index (χ1n) is 12.6. The van der Waals surface area contributed by atoms with Crippen LogP contribution < -0.4 is 16.0 Å². The lowest BCUT2D eigenvalue weighted by Crippen LogP contribution is -2.56. The molecule has 3 N–H and O–H groups in total. The molecule has 0 spiro atoms. The van der Waals surface area contributed by atoms with Gasteiger partial charge in [0.15, 0.2) is 5.78 Å². The van der Waals surface area contributed by atoms with Crippen molar-refractivity contribution < 1.29 is 19.1 Å². The van der Waals surface area contributed by atoms with Gasteiger partial charge in [-0.15, -0.1) is 0 Å². The molecule has 0 aliphatic carbocycles. The first-order valence-corrected chi connectivity index (χ1v) is 12.6. The van der Waals surface area contributed by atoms with Crippen LogP contribution in [0.5, 0.6) is 0 Å². The Morgan fingerprint density at radius 2 is 1.35 bits per heavy atom. The number of epoxide rings is 1. The van der Waals surface area contributed by atoms with E-state index in [9.17, 15) is 14.4 Å². The van der Waals surface area contributed by atoms with Crippen molar-refractivity contribution in [2.75, 3.05) is 13.7 Å². The van der Waals surface area contributed by atoms with Crippen molar-refractivity contribution in [1.82, 2.24) is 16.0 Å². The molecular weight excluding hydrogens is 430 g/mol. The first kappa shape index (κ1) is 28.0. The molecule has 190 valence electrons. The maximum Gasteiger partial charge on any atom is 0.243 e. The highest BCUT2D eigenvalue weighted by molar-refractivity contribution is 5.98. The Balaban J connectivity index is 2.17. The van der Waals surface area contributed by atoms with E-state index in [4.69, 9.17) is 4.74 Å². The molecule has 1 aliphatic rings. The van der Waals surface area contributed by atoms with Gasteiger partial charge in [0.2, 0.25) is 11.8 Å². The Morgan fingerprint density at radius 3 is 1.85 bits per heavy atom. The molecule has 0 aromatic heterocycles. The van der Waals surface area contributed by atoms with Crippen LogP contribution in [0, 0.1) is 11.8 Å².